The van der Waals surface area contributed by atoms with Crippen molar-refractivity contribution in [2.45, 2.75) is 17.9 Å². The van der Waals surface area contributed by atoms with E-state index in [0.717, 1.165) is 0 Å². The second kappa shape index (κ2) is 7.53. The van der Waals surface area contributed by atoms with E-state index in [-0.39, 0.29) is 24.1 Å². The van der Waals surface area contributed by atoms with Gasteiger partial charge in [0.15, 0.2) is 5.76 Å². The lowest BCUT2D eigenvalue weighted by atomic mass is 10.1. The van der Waals surface area contributed by atoms with Crippen molar-refractivity contribution < 1.29 is 22.8 Å². The summed E-state index contributed by atoms with van der Waals surface area (Å²) >= 11 is 2.43. The van der Waals surface area contributed by atoms with Gasteiger partial charge in [-0.25, -0.2) is 9.18 Å². The number of hydrogen-bond donors (Lipinski definition) is 0. The molecule has 0 aliphatic rings. The summed E-state index contributed by atoms with van der Waals surface area (Å²) in [6.45, 7) is 1.98. The van der Waals surface area contributed by atoms with E-state index >= 15 is 0 Å². The summed E-state index contributed by atoms with van der Waals surface area (Å²) in [5.74, 6) is 0.171. The first-order chi connectivity index (χ1) is 13.2. The molecule has 0 fully saturated rings. The van der Waals surface area contributed by atoms with E-state index in [0.29, 0.717) is 31.5 Å². The predicted octanol–water partition coefficient (Wildman–Crippen LogP) is 5.15. The number of hydrogen-bond acceptors (Lipinski definition) is 8. The summed E-state index contributed by atoms with van der Waals surface area (Å²) in [7, 11) is 0. The van der Waals surface area contributed by atoms with Crippen molar-refractivity contribution in [3.8, 4) is 11.7 Å². The number of carbonyl (C=O) groups is 1. The van der Waals surface area contributed by atoms with Crippen molar-refractivity contribution in [1.82, 2.24) is 10.2 Å². The molecular weight excluding hydrogens is 391 g/mol. The van der Waals surface area contributed by atoms with Crippen molar-refractivity contribution in [2.24, 2.45) is 0 Å². The Morgan fingerprint density at radius 2 is 2.19 bits per heavy atom. The zero-order valence-electron chi connectivity index (χ0n) is 14.1. The van der Waals surface area contributed by atoms with Crippen LogP contribution in [0, 0.1) is 5.82 Å². The van der Waals surface area contributed by atoms with Gasteiger partial charge in [-0.2, -0.15) is 0 Å². The van der Waals surface area contributed by atoms with Crippen molar-refractivity contribution in [3.63, 3.8) is 0 Å². The number of thioether (sulfide) groups is 1. The van der Waals surface area contributed by atoms with Gasteiger partial charge in [-0.05, 0) is 36.8 Å². The van der Waals surface area contributed by atoms with Gasteiger partial charge >= 0.3 is 5.97 Å². The number of thiophene rings is 1. The molecule has 4 aromatic rings. The highest BCUT2D eigenvalue weighted by Crippen LogP contribution is 2.37. The Labute approximate surface area is 161 Å². The van der Waals surface area contributed by atoms with Crippen LogP contribution in [0.2, 0.25) is 0 Å². The van der Waals surface area contributed by atoms with Gasteiger partial charge in [-0.1, -0.05) is 17.8 Å². The number of nitrogens with zero attached hydrogens (tertiary/aromatic N) is 2. The third-order valence-corrected chi connectivity index (χ3v) is 5.72. The molecule has 0 saturated carbocycles. The molecule has 6 nitrogen and oxygen atoms in total. The number of rotatable bonds is 6. The average molecular weight is 404 g/mol. The highest BCUT2D eigenvalue weighted by atomic mass is 32.2. The molecule has 138 valence electrons. The number of aromatic nitrogens is 2. The second-order valence-corrected chi connectivity index (χ2v) is 7.36. The molecule has 27 heavy (non-hydrogen) atoms. The molecule has 3 heterocycles. The Morgan fingerprint density at radius 3 is 2.96 bits per heavy atom. The molecule has 4 rings (SSSR count). The lowest BCUT2D eigenvalue weighted by Gasteiger charge is -2.03. The van der Waals surface area contributed by atoms with E-state index < -0.39 is 5.97 Å². The van der Waals surface area contributed by atoms with Crippen molar-refractivity contribution in [1.29, 1.82) is 0 Å². The third kappa shape index (κ3) is 3.47. The number of ether oxygens (including phenoxy) is 1. The minimum absolute atomic E-state index is 0.248. The summed E-state index contributed by atoms with van der Waals surface area (Å²) in [5, 5.41) is 8.61. The summed E-state index contributed by atoms with van der Waals surface area (Å²) in [5.41, 5.74) is 0.564. The molecule has 0 unspecified atom stereocenters. The first kappa shape index (κ1) is 17.7. The average Bonchev–Trinajstić information content (AvgIpc) is 3.39. The molecule has 0 aliphatic carbocycles. The molecule has 9 heteroatoms. The van der Waals surface area contributed by atoms with Crippen LogP contribution in [0.25, 0.3) is 21.7 Å². The van der Waals surface area contributed by atoms with Crippen LogP contribution in [0.5, 0.6) is 0 Å². The largest absolute Gasteiger partial charge is 0.462 e. The normalized spacial score (nSPS) is 11.2. The zero-order chi connectivity index (χ0) is 18.8. The Hall–Kier alpha value is -2.65. The Balaban J connectivity index is 1.64. The second-order valence-electron chi connectivity index (χ2n) is 5.38. The third-order valence-electron chi connectivity index (χ3n) is 3.70. The predicted molar refractivity (Wildman–Crippen MR) is 99.3 cm³/mol. The van der Waals surface area contributed by atoms with Gasteiger partial charge < -0.3 is 13.6 Å². The van der Waals surface area contributed by atoms with Gasteiger partial charge in [0.1, 0.15) is 10.7 Å². The molecule has 0 saturated heterocycles. The van der Waals surface area contributed by atoms with Crippen LogP contribution in [0.4, 0.5) is 4.39 Å². The topological polar surface area (TPSA) is 78.4 Å². The lowest BCUT2D eigenvalue weighted by molar-refractivity contribution is 0.0531. The van der Waals surface area contributed by atoms with Gasteiger partial charge in [0, 0.05) is 15.8 Å². The SMILES string of the molecule is CCOC(=O)c1sc2cccc(F)c2c1CSc1nnc(-c2ccco2)o1. The van der Waals surface area contributed by atoms with Gasteiger partial charge in [0.05, 0.1) is 12.9 Å². The highest BCUT2D eigenvalue weighted by Gasteiger charge is 2.22. The first-order valence-corrected chi connectivity index (χ1v) is 9.84. The maximum absolute atomic E-state index is 14.4. The molecule has 3 aromatic heterocycles. The number of carbonyl (C=O) groups excluding carboxylic acids is 1. The van der Waals surface area contributed by atoms with Crippen LogP contribution < -0.4 is 0 Å². The molecule has 0 radical (unpaired) electrons. The van der Waals surface area contributed by atoms with Crippen LogP contribution in [-0.2, 0) is 10.5 Å². The van der Waals surface area contributed by atoms with Crippen molar-refractivity contribution in [2.75, 3.05) is 6.61 Å². The van der Waals surface area contributed by atoms with Gasteiger partial charge in [0.25, 0.3) is 11.1 Å². The van der Waals surface area contributed by atoms with E-state index in [4.69, 9.17) is 13.6 Å². The van der Waals surface area contributed by atoms with Crippen molar-refractivity contribution in [3.05, 3.63) is 52.9 Å². The maximum atomic E-state index is 14.4. The number of benzene rings is 1. The monoisotopic (exact) mass is 404 g/mol. The highest BCUT2D eigenvalue weighted by molar-refractivity contribution is 7.98. The van der Waals surface area contributed by atoms with Gasteiger partial charge in [-0.3, -0.25) is 0 Å². The Bertz CT molecular complexity index is 1090. The van der Waals surface area contributed by atoms with Crippen LogP contribution in [0.3, 0.4) is 0 Å². The number of halogens is 1. The minimum Gasteiger partial charge on any atom is -0.462 e. The van der Waals surface area contributed by atoms with Crippen LogP contribution in [-0.4, -0.2) is 22.8 Å². The van der Waals surface area contributed by atoms with Crippen LogP contribution in [0.15, 0.2) is 50.7 Å². The van der Waals surface area contributed by atoms with E-state index in [1.54, 1.807) is 31.2 Å². The molecule has 0 N–H and O–H groups in total. The first-order valence-electron chi connectivity index (χ1n) is 8.04. The van der Waals surface area contributed by atoms with E-state index in [1.165, 1.54) is 35.4 Å². The zero-order valence-corrected chi connectivity index (χ0v) is 15.7. The number of fused-ring (bicyclic) bond motifs is 1. The van der Waals surface area contributed by atoms with Gasteiger partial charge in [0.2, 0.25) is 0 Å². The Morgan fingerprint density at radius 1 is 1.30 bits per heavy atom. The fourth-order valence-corrected chi connectivity index (χ4v) is 4.58. The molecular formula is C18H13FN2O4S2. The fraction of sp³-hybridized carbons (Fsp3) is 0.167. The maximum Gasteiger partial charge on any atom is 0.348 e. The van der Waals surface area contributed by atoms with E-state index in [2.05, 4.69) is 10.2 Å². The Kier molecular flexibility index (Phi) is 4.95. The smallest absolute Gasteiger partial charge is 0.348 e. The lowest BCUT2D eigenvalue weighted by Crippen LogP contribution is -2.05. The van der Waals surface area contributed by atoms with Crippen molar-refractivity contribution >= 4 is 39.2 Å². The number of esters is 1. The summed E-state index contributed by atoms with van der Waals surface area (Å²) in [6, 6.07) is 8.20. The molecule has 0 bridgehead atoms. The van der Waals surface area contributed by atoms with Crippen LogP contribution in [0.1, 0.15) is 22.2 Å². The fourth-order valence-electron chi connectivity index (χ4n) is 2.57. The molecule has 0 spiro atoms. The summed E-state index contributed by atoms with van der Waals surface area (Å²) < 4.78 is 31.0. The van der Waals surface area contributed by atoms with E-state index in [1.807, 2.05) is 0 Å². The standard InChI is InChI=1S/C18H13FN2O4S2/c1-2-23-17(22)15-10(14-11(19)5-3-7-13(14)27-15)9-26-18-21-20-16(25-18)12-6-4-8-24-12/h3-8H,2,9H2,1H3. The molecule has 0 amide bonds. The quantitative estimate of drug-likeness (QED) is 0.325. The van der Waals surface area contributed by atoms with Gasteiger partial charge in [-0.15, -0.1) is 21.5 Å². The summed E-state index contributed by atoms with van der Waals surface area (Å²) in [4.78, 5) is 12.7. The molecule has 0 atom stereocenters. The number of furan rings is 1. The van der Waals surface area contributed by atoms with E-state index in [9.17, 15) is 9.18 Å². The summed E-state index contributed by atoms with van der Waals surface area (Å²) in [6.07, 6.45) is 1.51. The minimum atomic E-state index is -0.462. The molecule has 1 aromatic carbocycles. The molecule has 0 aliphatic heterocycles. The van der Waals surface area contributed by atoms with Crippen LogP contribution >= 0.6 is 23.1 Å².